The van der Waals surface area contributed by atoms with E-state index >= 15 is 0 Å². The van der Waals surface area contributed by atoms with Crippen LogP contribution in [-0.4, -0.2) is 34.4 Å². The van der Waals surface area contributed by atoms with Crippen molar-refractivity contribution < 1.29 is 9.90 Å². The average molecular weight is 310 g/mol. The van der Waals surface area contributed by atoms with Gasteiger partial charge in [0.2, 0.25) is 9.60 Å². The van der Waals surface area contributed by atoms with Crippen LogP contribution in [0.2, 0.25) is 4.47 Å². The molecule has 1 N–H and O–H groups in total. The lowest BCUT2D eigenvalue weighted by atomic mass is 9.89. The fourth-order valence-corrected chi connectivity index (χ4v) is 3.41. The minimum absolute atomic E-state index is 0.0450. The molecular formula is C13H12ClN3O2S. The van der Waals surface area contributed by atoms with Crippen LogP contribution in [0.1, 0.15) is 11.5 Å². The van der Waals surface area contributed by atoms with Gasteiger partial charge >= 0.3 is 5.97 Å². The van der Waals surface area contributed by atoms with E-state index in [1.54, 1.807) is 0 Å². The van der Waals surface area contributed by atoms with Crippen LogP contribution in [0.15, 0.2) is 30.3 Å². The van der Waals surface area contributed by atoms with E-state index < -0.39 is 11.9 Å². The van der Waals surface area contributed by atoms with E-state index in [4.69, 9.17) is 11.6 Å². The Morgan fingerprint density at radius 3 is 2.65 bits per heavy atom. The summed E-state index contributed by atoms with van der Waals surface area (Å²) in [4.78, 5) is 13.4. The number of hydrogen-bond donors (Lipinski definition) is 1. The molecule has 104 valence electrons. The molecule has 3 rings (SSSR count). The van der Waals surface area contributed by atoms with Gasteiger partial charge in [-0.05, 0) is 17.2 Å². The number of carboxylic acid groups (broad SMARTS) is 1. The first-order chi connectivity index (χ1) is 9.65. The van der Waals surface area contributed by atoms with E-state index in [0.717, 1.165) is 5.56 Å². The number of rotatable bonds is 3. The summed E-state index contributed by atoms with van der Waals surface area (Å²) >= 11 is 7.07. The highest BCUT2D eigenvalue weighted by molar-refractivity contribution is 7.19. The summed E-state index contributed by atoms with van der Waals surface area (Å²) in [7, 11) is 0. The molecule has 0 bridgehead atoms. The number of carboxylic acids is 1. The summed E-state index contributed by atoms with van der Waals surface area (Å²) < 4.78 is 0.370. The second-order valence-corrected chi connectivity index (χ2v) is 6.24. The number of hydrogen-bond acceptors (Lipinski definition) is 5. The maximum atomic E-state index is 11.5. The molecule has 1 aliphatic heterocycles. The Kier molecular flexibility index (Phi) is 3.58. The molecule has 2 atom stereocenters. The van der Waals surface area contributed by atoms with E-state index in [0.29, 0.717) is 22.7 Å². The molecule has 1 aliphatic rings. The Bertz CT molecular complexity index is 619. The van der Waals surface area contributed by atoms with Crippen LogP contribution in [0, 0.1) is 5.92 Å². The van der Waals surface area contributed by atoms with Gasteiger partial charge in [-0.2, -0.15) is 0 Å². The van der Waals surface area contributed by atoms with Gasteiger partial charge in [0, 0.05) is 19.0 Å². The molecule has 2 heterocycles. The standard InChI is InChI=1S/C13H12ClN3O2S/c14-12-15-16-13(20-12)17-6-9(10(7-17)11(18)19)8-4-2-1-3-5-8/h1-5,9-10H,6-7H2,(H,18,19)/t9-,10+/m0/s1. The molecule has 1 fully saturated rings. The number of aromatic nitrogens is 2. The van der Waals surface area contributed by atoms with Crippen molar-refractivity contribution in [2.24, 2.45) is 5.92 Å². The highest BCUT2D eigenvalue weighted by Gasteiger charge is 2.39. The third kappa shape index (κ3) is 2.48. The zero-order chi connectivity index (χ0) is 14.1. The number of carbonyl (C=O) groups is 1. The van der Waals surface area contributed by atoms with Crippen molar-refractivity contribution in [3.05, 3.63) is 40.4 Å². The van der Waals surface area contributed by atoms with Crippen LogP contribution >= 0.6 is 22.9 Å². The fraction of sp³-hybridized carbons (Fsp3) is 0.308. The van der Waals surface area contributed by atoms with Crippen LogP contribution in [0.5, 0.6) is 0 Å². The van der Waals surface area contributed by atoms with Crippen LogP contribution in [0.25, 0.3) is 0 Å². The maximum absolute atomic E-state index is 11.5. The van der Waals surface area contributed by atoms with Crippen molar-refractivity contribution in [1.29, 1.82) is 0 Å². The van der Waals surface area contributed by atoms with E-state index in [9.17, 15) is 9.90 Å². The first-order valence-corrected chi connectivity index (χ1v) is 7.36. The highest BCUT2D eigenvalue weighted by atomic mass is 35.5. The van der Waals surface area contributed by atoms with Gasteiger partial charge in [0.15, 0.2) is 0 Å². The average Bonchev–Trinajstić information content (AvgIpc) is 3.05. The summed E-state index contributed by atoms with van der Waals surface area (Å²) in [6.45, 7) is 1.05. The Balaban J connectivity index is 1.88. The summed E-state index contributed by atoms with van der Waals surface area (Å²) in [5.41, 5.74) is 1.04. The van der Waals surface area contributed by atoms with Gasteiger partial charge in [-0.15, -0.1) is 10.2 Å². The third-order valence-corrected chi connectivity index (χ3v) is 4.60. The second kappa shape index (κ2) is 5.38. The first kappa shape index (κ1) is 13.3. The number of halogens is 1. The molecule has 1 aromatic carbocycles. The number of aliphatic carboxylic acids is 1. The molecule has 20 heavy (non-hydrogen) atoms. The Morgan fingerprint density at radius 2 is 2.05 bits per heavy atom. The lowest BCUT2D eigenvalue weighted by Crippen LogP contribution is -2.23. The van der Waals surface area contributed by atoms with Gasteiger partial charge in [-0.1, -0.05) is 41.7 Å². The SMILES string of the molecule is O=C(O)[C@@H]1CN(c2nnc(Cl)s2)C[C@H]1c1ccccc1. The minimum Gasteiger partial charge on any atom is -0.481 e. The number of benzene rings is 1. The second-order valence-electron chi connectivity index (χ2n) is 4.70. The molecule has 0 saturated carbocycles. The van der Waals surface area contributed by atoms with Crippen molar-refractivity contribution in [1.82, 2.24) is 10.2 Å². The lowest BCUT2D eigenvalue weighted by Gasteiger charge is -2.14. The highest BCUT2D eigenvalue weighted by Crippen LogP contribution is 2.37. The molecule has 2 aromatic rings. The van der Waals surface area contributed by atoms with Gasteiger partial charge in [-0.3, -0.25) is 4.79 Å². The molecule has 0 spiro atoms. The molecule has 0 radical (unpaired) electrons. The third-order valence-electron chi connectivity index (χ3n) is 3.52. The summed E-state index contributed by atoms with van der Waals surface area (Å²) in [5.74, 6) is -1.27. The van der Waals surface area contributed by atoms with Gasteiger partial charge in [0.1, 0.15) is 0 Å². The summed E-state index contributed by atoms with van der Waals surface area (Å²) in [6, 6.07) is 9.72. The molecule has 0 aliphatic carbocycles. The zero-order valence-electron chi connectivity index (χ0n) is 10.4. The summed E-state index contributed by atoms with van der Waals surface area (Å²) in [5, 5.41) is 17.9. The molecule has 0 amide bonds. The monoisotopic (exact) mass is 309 g/mol. The van der Waals surface area contributed by atoms with E-state index in [1.807, 2.05) is 35.2 Å². The van der Waals surface area contributed by atoms with Crippen molar-refractivity contribution in [2.45, 2.75) is 5.92 Å². The smallest absolute Gasteiger partial charge is 0.308 e. The normalized spacial score (nSPS) is 22.1. The predicted molar refractivity (Wildman–Crippen MR) is 77.4 cm³/mol. The van der Waals surface area contributed by atoms with Crippen molar-refractivity contribution in [3.8, 4) is 0 Å². The van der Waals surface area contributed by atoms with E-state index in [1.165, 1.54) is 11.3 Å². The fourth-order valence-electron chi connectivity index (χ4n) is 2.57. The molecule has 0 unspecified atom stereocenters. The molecule has 5 nitrogen and oxygen atoms in total. The maximum Gasteiger partial charge on any atom is 0.308 e. The Labute approximate surface area is 124 Å². The lowest BCUT2D eigenvalue weighted by molar-refractivity contribution is -0.141. The van der Waals surface area contributed by atoms with Crippen LogP contribution in [0.4, 0.5) is 5.13 Å². The summed E-state index contributed by atoms with van der Waals surface area (Å²) in [6.07, 6.45) is 0. The van der Waals surface area contributed by atoms with E-state index in [2.05, 4.69) is 10.2 Å². The van der Waals surface area contributed by atoms with Crippen molar-refractivity contribution >= 4 is 34.0 Å². The molecular weight excluding hydrogens is 298 g/mol. The topological polar surface area (TPSA) is 66.3 Å². The van der Waals surface area contributed by atoms with Crippen LogP contribution in [-0.2, 0) is 4.79 Å². The molecule has 1 saturated heterocycles. The van der Waals surface area contributed by atoms with E-state index in [-0.39, 0.29) is 5.92 Å². The van der Waals surface area contributed by atoms with Crippen LogP contribution in [0.3, 0.4) is 0 Å². The van der Waals surface area contributed by atoms with Crippen LogP contribution < -0.4 is 4.90 Å². The quantitative estimate of drug-likeness (QED) is 0.943. The molecule has 7 heteroatoms. The van der Waals surface area contributed by atoms with Crippen molar-refractivity contribution in [2.75, 3.05) is 18.0 Å². The zero-order valence-corrected chi connectivity index (χ0v) is 12.0. The van der Waals surface area contributed by atoms with Crippen molar-refractivity contribution in [3.63, 3.8) is 0 Å². The number of nitrogens with zero attached hydrogens (tertiary/aromatic N) is 3. The number of anilines is 1. The molecule has 1 aromatic heterocycles. The first-order valence-electron chi connectivity index (χ1n) is 6.17. The Hall–Kier alpha value is -1.66. The van der Waals surface area contributed by atoms with Gasteiger partial charge in [-0.25, -0.2) is 0 Å². The Morgan fingerprint density at radius 1 is 1.30 bits per heavy atom. The van der Waals surface area contributed by atoms with Gasteiger partial charge < -0.3 is 10.0 Å². The van der Waals surface area contributed by atoms with Gasteiger partial charge in [0.05, 0.1) is 5.92 Å². The predicted octanol–water partition coefficient (Wildman–Crippen LogP) is 2.50. The largest absolute Gasteiger partial charge is 0.481 e. The minimum atomic E-state index is -0.781. The van der Waals surface area contributed by atoms with Gasteiger partial charge in [0.25, 0.3) is 0 Å².